The Morgan fingerprint density at radius 3 is 2.36 bits per heavy atom. The summed E-state index contributed by atoms with van der Waals surface area (Å²) in [7, 11) is -1.85. The summed E-state index contributed by atoms with van der Waals surface area (Å²) in [4.78, 5) is 2.51. The van der Waals surface area contributed by atoms with Crippen molar-refractivity contribution >= 4 is 21.2 Å². The van der Waals surface area contributed by atoms with E-state index in [0.29, 0.717) is 17.2 Å². The van der Waals surface area contributed by atoms with Gasteiger partial charge in [0.25, 0.3) is 0 Å². The molecule has 2 aromatic carbocycles. The molecular formula is C20H25NO3S. The Morgan fingerprint density at radius 2 is 1.76 bits per heavy atom. The van der Waals surface area contributed by atoms with Gasteiger partial charge in [-0.25, -0.2) is 8.42 Å². The minimum atomic E-state index is -3.41. The number of benzene rings is 2. The minimum Gasteiger partial charge on any atom is -0.497 e. The number of rotatable bonds is 4. The van der Waals surface area contributed by atoms with Crippen LogP contribution in [-0.4, -0.2) is 27.8 Å². The maximum Gasteiger partial charge on any atom is 0.181 e. The van der Waals surface area contributed by atoms with Crippen LogP contribution in [-0.2, 0) is 9.84 Å². The largest absolute Gasteiger partial charge is 0.497 e. The van der Waals surface area contributed by atoms with Crippen molar-refractivity contribution in [1.82, 2.24) is 0 Å². The smallest absolute Gasteiger partial charge is 0.181 e. The molecule has 0 amide bonds. The summed E-state index contributed by atoms with van der Waals surface area (Å²) < 4.78 is 31.7. The molecular weight excluding hydrogens is 334 g/mol. The summed E-state index contributed by atoms with van der Waals surface area (Å²) >= 11 is 0. The molecule has 4 nitrogen and oxygen atoms in total. The van der Waals surface area contributed by atoms with Crippen LogP contribution in [0.15, 0.2) is 53.4 Å². The lowest BCUT2D eigenvalue weighted by Gasteiger charge is -2.35. The summed E-state index contributed by atoms with van der Waals surface area (Å²) in [5.74, 6) is 0.729. The van der Waals surface area contributed by atoms with Crippen LogP contribution in [0.5, 0.6) is 5.75 Å². The molecule has 3 rings (SSSR count). The van der Waals surface area contributed by atoms with Crippen molar-refractivity contribution in [2.75, 3.05) is 24.3 Å². The number of sulfone groups is 1. The van der Waals surface area contributed by atoms with E-state index in [1.807, 2.05) is 42.5 Å². The number of fused-ring (bicyclic) bond motifs is 1. The molecule has 0 aromatic heterocycles. The van der Waals surface area contributed by atoms with Gasteiger partial charge in [0.1, 0.15) is 5.75 Å². The van der Waals surface area contributed by atoms with E-state index in [0.717, 1.165) is 24.2 Å². The standard InChI is InChI=1S/C20H25NO3S/c1-4-20(5-2)14-21(16-9-7-6-8-10-16)18-12-11-17(24-3)13-19(18)25(22,23)15-20/h6-13H,4-5,14-15H2,1-3H3. The third kappa shape index (κ3) is 3.25. The van der Waals surface area contributed by atoms with Gasteiger partial charge in [-0.05, 0) is 37.1 Å². The molecule has 0 atom stereocenters. The highest BCUT2D eigenvalue weighted by atomic mass is 32.2. The van der Waals surface area contributed by atoms with Crippen LogP contribution in [0.4, 0.5) is 11.4 Å². The van der Waals surface area contributed by atoms with Crippen LogP contribution in [0.25, 0.3) is 0 Å². The van der Waals surface area contributed by atoms with Gasteiger partial charge < -0.3 is 9.64 Å². The molecule has 0 spiro atoms. The van der Waals surface area contributed by atoms with E-state index in [9.17, 15) is 8.42 Å². The lowest BCUT2D eigenvalue weighted by atomic mass is 9.83. The molecule has 1 aliphatic rings. The second-order valence-corrected chi connectivity index (χ2v) is 8.68. The second kappa shape index (κ2) is 6.71. The molecule has 0 bridgehead atoms. The van der Waals surface area contributed by atoms with Gasteiger partial charge in [-0.2, -0.15) is 0 Å². The van der Waals surface area contributed by atoms with Gasteiger partial charge in [0.2, 0.25) is 0 Å². The summed E-state index contributed by atoms with van der Waals surface area (Å²) in [5, 5.41) is 0. The molecule has 0 saturated heterocycles. The van der Waals surface area contributed by atoms with Gasteiger partial charge in [-0.3, -0.25) is 0 Å². The Kier molecular flexibility index (Phi) is 4.78. The molecule has 0 aliphatic carbocycles. The summed E-state index contributed by atoms with van der Waals surface area (Å²) in [5.41, 5.74) is 1.47. The van der Waals surface area contributed by atoms with Crippen molar-refractivity contribution in [2.45, 2.75) is 31.6 Å². The highest BCUT2D eigenvalue weighted by molar-refractivity contribution is 7.91. The third-order valence-corrected chi connectivity index (χ3v) is 7.34. The SMILES string of the molecule is CCC1(CC)CN(c2ccccc2)c2ccc(OC)cc2S(=O)(=O)C1. The first kappa shape index (κ1) is 17.8. The second-order valence-electron chi connectivity index (χ2n) is 6.72. The fourth-order valence-electron chi connectivity index (χ4n) is 3.56. The fourth-order valence-corrected chi connectivity index (χ4v) is 5.81. The average Bonchev–Trinajstić information content (AvgIpc) is 2.75. The van der Waals surface area contributed by atoms with Crippen LogP contribution in [0, 0.1) is 5.41 Å². The summed E-state index contributed by atoms with van der Waals surface area (Å²) in [6.45, 7) is 4.85. The quantitative estimate of drug-likeness (QED) is 0.810. The zero-order valence-corrected chi connectivity index (χ0v) is 15.8. The molecule has 0 unspecified atom stereocenters. The maximum absolute atomic E-state index is 13.2. The van der Waals surface area contributed by atoms with Gasteiger partial charge in [0.15, 0.2) is 9.84 Å². The minimum absolute atomic E-state index is 0.163. The molecule has 1 heterocycles. The Hall–Kier alpha value is -2.01. The van der Waals surface area contributed by atoms with E-state index < -0.39 is 9.84 Å². The van der Waals surface area contributed by atoms with Crippen molar-refractivity contribution in [2.24, 2.45) is 5.41 Å². The first-order chi connectivity index (χ1) is 11.9. The monoisotopic (exact) mass is 359 g/mol. The number of anilines is 2. The van der Waals surface area contributed by atoms with Gasteiger partial charge >= 0.3 is 0 Å². The van der Waals surface area contributed by atoms with Gasteiger partial charge in [0.05, 0.1) is 23.4 Å². The Morgan fingerprint density at radius 1 is 1.08 bits per heavy atom. The molecule has 0 saturated carbocycles. The number of hydrogen-bond acceptors (Lipinski definition) is 4. The number of methoxy groups -OCH3 is 1. The molecule has 0 N–H and O–H groups in total. The predicted octanol–water partition coefficient (Wildman–Crippen LogP) is 4.43. The summed E-state index contributed by atoms with van der Waals surface area (Å²) in [6.07, 6.45) is 1.63. The van der Waals surface area contributed by atoms with Gasteiger partial charge in [0, 0.05) is 23.7 Å². The van der Waals surface area contributed by atoms with E-state index in [-0.39, 0.29) is 11.2 Å². The average molecular weight is 359 g/mol. The van der Waals surface area contributed by atoms with E-state index >= 15 is 0 Å². The lowest BCUT2D eigenvalue weighted by Crippen LogP contribution is -2.37. The predicted molar refractivity (Wildman–Crippen MR) is 102 cm³/mol. The molecule has 5 heteroatoms. The van der Waals surface area contributed by atoms with Gasteiger partial charge in [-0.15, -0.1) is 0 Å². The summed E-state index contributed by atoms with van der Waals surface area (Å²) in [6, 6.07) is 15.3. The van der Waals surface area contributed by atoms with Crippen molar-refractivity contribution in [3.63, 3.8) is 0 Å². The van der Waals surface area contributed by atoms with Crippen LogP contribution in [0.1, 0.15) is 26.7 Å². The van der Waals surface area contributed by atoms with Crippen molar-refractivity contribution in [3.8, 4) is 5.75 Å². The topological polar surface area (TPSA) is 46.6 Å². The number of hydrogen-bond donors (Lipinski definition) is 0. The third-order valence-electron chi connectivity index (χ3n) is 5.35. The van der Waals surface area contributed by atoms with Crippen LogP contribution in [0.3, 0.4) is 0 Å². The Bertz CT molecular complexity index is 842. The highest BCUT2D eigenvalue weighted by Crippen LogP contribution is 2.44. The van der Waals surface area contributed by atoms with E-state index in [1.54, 1.807) is 13.2 Å². The first-order valence-electron chi connectivity index (χ1n) is 8.68. The van der Waals surface area contributed by atoms with Crippen LogP contribution < -0.4 is 9.64 Å². The zero-order valence-electron chi connectivity index (χ0n) is 15.0. The maximum atomic E-state index is 13.2. The van der Waals surface area contributed by atoms with E-state index in [1.165, 1.54) is 0 Å². The Labute approximate surface area is 150 Å². The van der Waals surface area contributed by atoms with Gasteiger partial charge in [-0.1, -0.05) is 32.0 Å². The van der Waals surface area contributed by atoms with E-state index in [4.69, 9.17) is 4.74 Å². The number of nitrogens with zero attached hydrogens (tertiary/aromatic N) is 1. The molecule has 1 aliphatic heterocycles. The van der Waals surface area contributed by atoms with Crippen LogP contribution in [0.2, 0.25) is 0 Å². The normalized spacial score (nSPS) is 18.3. The van der Waals surface area contributed by atoms with Crippen molar-refractivity contribution < 1.29 is 13.2 Å². The first-order valence-corrected chi connectivity index (χ1v) is 10.3. The highest BCUT2D eigenvalue weighted by Gasteiger charge is 2.40. The lowest BCUT2D eigenvalue weighted by molar-refractivity contribution is 0.313. The number of para-hydroxylation sites is 1. The Balaban J connectivity index is 2.26. The van der Waals surface area contributed by atoms with Crippen molar-refractivity contribution in [1.29, 1.82) is 0 Å². The molecule has 134 valence electrons. The van der Waals surface area contributed by atoms with Crippen LogP contribution >= 0.6 is 0 Å². The van der Waals surface area contributed by atoms with Crippen molar-refractivity contribution in [3.05, 3.63) is 48.5 Å². The molecule has 0 radical (unpaired) electrons. The molecule has 0 fully saturated rings. The molecule has 25 heavy (non-hydrogen) atoms. The zero-order chi connectivity index (χ0) is 18.1. The number of ether oxygens (including phenoxy) is 1. The molecule has 2 aromatic rings. The fraction of sp³-hybridized carbons (Fsp3) is 0.400. The van der Waals surface area contributed by atoms with E-state index in [2.05, 4.69) is 18.7 Å².